The number of hydrogen-bond acceptors (Lipinski definition) is 5. The van der Waals surface area contributed by atoms with Crippen molar-refractivity contribution < 1.29 is 23.1 Å². The number of carbonyl (C=O) groups excluding carboxylic acids is 1. The van der Waals surface area contributed by atoms with Crippen LogP contribution in [-0.4, -0.2) is 43.9 Å². The average molecular weight is 394 g/mol. The van der Waals surface area contributed by atoms with Gasteiger partial charge in [0.15, 0.2) is 0 Å². The predicted molar refractivity (Wildman–Crippen MR) is 98.1 cm³/mol. The van der Waals surface area contributed by atoms with Crippen molar-refractivity contribution in [1.29, 1.82) is 0 Å². The van der Waals surface area contributed by atoms with Crippen LogP contribution in [0.25, 0.3) is 0 Å². The topological polar surface area (TPSA) is 95.0 Å². The molecule has 138 valence electrons. The van der Waals surface area contributed by atoms with E-state index in [4.69, 9.17) is 0 Å². The maximum absolute atomic E-state index is 13.0. The quantitative estimate of drug-likeness (QED) is 0.858. The number of carboxylic acids is 1. The number of para-hydroxylation sites is 1. The van der Waals surface area contributed by atoms with Crippen LogP contribution in [0.3, 0.4) is 0 Å². The van der Waals surface area contributed by atoms with Crippen molar-refractivity contribution >= 4 is 38.9 Å². The molecule has 0 saturated carbocycles. The molecule has 1 amide bonds. The van der Waals surface area contributed by atoms with Crippen molar-refractivity contribution in [2.24, 2.45) is 0 Å². The van der Waals surface area contributed by atoms with Crippen LogP contribution >= 0.6 is 11.3 Å². The maximum Gasteiger partial charge on any atom is 0.337 e. The summed E-state index contributed by atoms with van der Waals surface area (Å²) in [6.07, 6.45) is 0.616. The van der Waals surface area contributed by atoms with Gasteiger partial charge in [-0.3, -0.25) is 9.10 Å². The van der Waals surface area contributed by atoms with E-state index >= 15 is 0 Å². The molecule has 0 unspecified atom stereocenters. The average Bonchev–Trinajstić information content (AvgIpc) is 3.05. The number of sulfonamides is 1. The largest absolute Gasteiger partial charge is 0.478 e. The van der Waals surface area contributed by atoms with Gasteiger partial charge in [-0.2, -0.15) is 0 Å². The molecule has 9 heteroatoms. The molecule has 0 radical (unpaired) electrons. The molecule has 1 aromatic heterocycles. The third-order valence-corrected chi connectivity index (χ3v) is 7.84. The van der Waals surface area contributed by atoms with Gasteiger partial charge in [0.1, 0.15) is 4.21 Å². The van der Waals surface area contributed by atoms with Gasteiger partial charge in [0.25, 0.3) is 10.0 Å². The summed E-state index contributed by atoms with van der Waals surface area (Å²) in [4.78, 5) is 25.6. The van der Waals surface area contributed by atoms with Crippen LogP contribution in [0.2, 0.25) is 0 Å². The van der Waals surface area contributed by atoms with E-state index in [1.165, 1.54) is 37.4 Å². The normalized spacial score (nSPS) is 14.0. The van der Waals surface area contributed by atoms with E-state index in [1.54, 1.807) is 23.1 Å². The lowest BCUT2D eigenvalue weighted by Crippen LogP contribution is -2.33. The Kier molecular flexibility index (Phi) is 4.76. The highest BCUT2D eigenvalue weighted by molar-refractivity contribution is 7.94. The summed E-state index contributed by atoms with van der Waals surface area (Å²) >= 11 is 1.18. The number of carbonyl (C=O) groups is 2. The van der Waals surface area contributed by atoms with Crippen LogP contribution in [-0.2, 0) is 27.8 Å². The van der Waals surface area contributed by atoms with Gasteiger partial charge in [-0.1, -0.05) is 12.1 Å². The maximum atomic E-state index is 13.0. The van der Waals surface area contributed by atoms with Gasteiger partial charge in [-0.05, 0) is 30.2 Å². The summed E-state index contributed by atoms with van der Waals surface area (Å²) < 4.78 is 27.2. The number of rotatable bonds is 4. The highest BCUT2D eigenvalue weighted by Crippen LogP contribution is 2.34. The molecule has 0 fully saturated rings. The molecule has 26 heavy (non-hydrogen) atoms. The van der Waals surface area contributed by atoms with Crippen LogP contribution in [0.15, 0.2) is 34.5 Å². The number of anilines is 1. The molecule has 0 spiro atoms. The summed E-state index contributed by atoms with van der Waals surface area (Å²) in [5.74, 6) is -1.23. The molecule has 0 bridgehead atoms. The van der Waals surface area contributed by atoms with Crippen LogP contribution in [0.4, 0.5) is 5.69 Å². The Morgan fingerprint density at radius 1 is 1.27 bits per heavy atom. The van der Waals surface area contributed by atoms with E-state index in [9.17, 15) is 23.1 Å². The van der Waals surface area contributed by atoms with Gasteiger partial charge in [0, 0.05) is 31.9 Å². The standard InChI is InChI=1S/C17H18N2O5S2/c1-11(20)19-8-7-15-12(10-19)9-16(25-15)26(23,24)18(2)14-6-4-3-5-13(14)17(21)22/h3-6,9H,7-8,10H2,1-2H3,(H,21,22). The van der Waals surface area contributed by atoms with Crippen molar-refractivity contribution in [3.63, 3.8) is 0 Å². The minimum absolute atomic E-state index is 0.0428. The van der Waals surface area contributed by atoms with E-state index < -0.39 is 16.0 Å². The molecule has 2 aromatic rings. The summed E-state index contributed by atoms with van der Waals surface area (Å²) in [5, 5.41) is 9.31. The van der Waals surface area contributed by atoms with E-state index in [0.29, 0.717) is 19.5 Å². The first-order valence-electron chi connectivity index (χ1n) is 7.90. The molecular weight excluding hydrogens is 376 g/mol. The van der Waals surface area contributed by atoms with Crippen molar-refractivity contribution in [3.05, 3.63) is 46.3 Å². The first-order chi connectivity index (χ1) is 12.2. The Bertz CT molecular complexity index is 981. The molecule has 0 saturated heterocycles. The lowest BCUT2D eigenvalue weighted by molar-refractivity contribution is -0.129. The fraction of sp³-hybridized carbons (Fsp3) is 0.294. The number of aromatic carboxylic acids is 1. The number of thiophene rings is 1. The number of carboxylic acid groups (broad SMARTS) is 1. The van der Waals surface area contributed by atoms with Gasteiger partial charge >= 0.3 is 5.97 Å². The number of fused-ring (bicyclic) bond motifs is 1. The number of nitrogens with zero attached hydrogens (tertiary/aromatic N) is 2. The molecule has 1 aromatic carbocycles. The lowest BCUT2D eigenvalue weighted by atomic mass is 10.1. The Balaban J connectivity index is 1.97. The molecule has 0 atom stereocenters. The molecule has 7 nitrogen and oxygen atoms in total. The van der Waals surface area contributed by atoms with E-state index in [-0.39, 0.29) is 21.4 Å². The van der Waals surface area contributed by atoms with Crippen LogP contribution < -0.4 is 4.31 Å². The van der Waals surface area contributed by atoms with Gasteiger partial charge in [-0.25, -0.2) is 13.2 Å². The second-order valence-corrected chi connectivity index (χ2v) is 9.33. The minimum Gasteiger partial charge on any atom is -0.478 e. The van der Waals surface area contributed by atoms with Crippen molar-refractivity contribution in [1.82, 2.24) is 4.90 Å². The fourth-order valence-electron chi connectivity index (χ4n) is 2.90. The molecular formula is C17H18N2O5S2. The summed E-state index contributed by atoms with van der Waals surface area (Å²) in [6, 6.07) is 7.57. The number of benzene rings is 1. The summed E-state index contributed by atoms with van der Waals surface area (Å²) in [5.41, 5.74) is 0.856. The van der Waals surface area contributed by atoms with E-state index in [2.05, 4.69) is 0 Å². The van der Waals surface area contributed by atoms with Crippen molar-refractivity contribution in [2.75, 3.05) is 17.9 Å². The highest BCUT2D eigenvalue weighted by Gasteiger charge is 2.29. The van der Waals surface area contributed by atoms with Crippen LogP contribution in [0, 0.1) is 0 Å². The zero-order valence-electron chi connectivity index (χ0n) is 14.3. The van der Waals surface area contributed by atoms with Gasteiger partial charge in [-0.15, -0.1) is 11.3 Å². The summed E-state index contributed by atoms with van der Waals surface area (Å²) in [6.45, 7) is 2.46. The fourth-order valence-corrected chi connectivity index (χ4v) is 5.82. The first-order valence-corrected chi connectivity index (χ1v) is 10.2. The molecule has 2 heterocycles. The third-order valence-electron chi connectivity index (χ3n) is 4.38. The van der Waals surface area contributed by atoms with E-state index in [0.717, 1.165) is 14.7 Å². The molecule has 3 rings (SSSR count). The van der Waals surface area contributed by atoms with Gasteiger partial charge < -0.3 is 10.0 Å². The van der Waals surface area contributed by atoms with Crippen LogP contribution in [0.1, 0.15) is 27.7 Å². The second kappa shape index (κ2) is 6.73. The third kappa shape index (κ3) is 3.19. The van der Waals surface area contributed by atoms with Crippen LogP contribution in [0.5, 0.6) is 0 Å². The Labute approximate surface area is 155 Å². The summed E-state index contributed by atoms with van der Waals surface area (Å²) in [7, 11) is -2.55. The molecule has 1 N–H and O–H groups in total. The Hall–Kier alpha value is -2.39. The Morgan fingerprint density at radius 2 is 1.96 bits per heavy atom. The van der Waals surface area contributed by atoms with Gasteiger partial charge in [0.05, 0.1) is 11.3 Å². The van der Waals surface area contributed by atoms with E-state index in [1.807, 2.05) is 0 Å². The Morgan fingerprint density at radius 3 is 2.62 bits per heavy atom. The SMILES string of the molecule is CC(=O)N1CCc2sc(S(=O)(=O)N(C)c3ccccc3C(=O)O)cc2C1. The van der Waals surface area contributed by atoms with Gasteiger partial charge in [0.2, 0.25) is 5.91 Å². The monoisotopic (exact) mass is 394 g/mol. The number of hydrogen-bond donors (Lipinski definition) is 1. The molecule has 1 aliphatic rings. The highest BCUT2D eigenvalue weighted by atomic mass is 32.2. The van der Waals surface area contributed by atoms with Crippen molar-refractivity contribution in [3.8, 4) is 0 Å². The van der Waals surface area contributed by atoms with Crippen molar-refractivity contribution in [2.45, 2.75) is 24.1 Å². The zero-order valence-corrected chi connectivity index (χ0v) is 15.9. The molecule has 1 aliphatic heterocycles. The zero-order chi connectivity index (χ0) is 19.1. The lowest BCUT2D eigenvalue weighted by Gasteiger charge is -2.25. The first kappa shape index (κ1) is 18.4. The second-order valence-electron chi connectivity index (χ2n) is 6.00. The predicted octanol–water partition coefficient (Wildman–Crippen LogP) is 2.18. The smallest absolute Gasteiger partial charge is 0.337 e. The minimum atomic E-state index is -3.89. The number of amides is 1. The molecule has 0 aliphatic carbocycles.